The van der Waals surface area contributed by atoms with Crippen LogP contribution >= 0.6 is 0 Å². The van der Waals surface area contributed by atoms with Gasteiger partial charge in [0.25, 0.3) is 0 Å². The molecule has 0 aromatic heterocycles. The average molecular weight is 183 g/mol. The monoisotopic (exact) mass is 183 g/mol. The van der Waals surface area contributed by atoms with Crippen molar-refractivity contribution in [1.82, 2.24) is 5.32 Å². The van der Waals surface area contributed by atoms with Crippen LogP contribution in [0.4, 0.5) is 0 Å². The molecule has 0 aromatic carbocycles. The van der Waals surface area contributed by atoms with Gasteiger partial charge < -0.3 is 5.32 Å². The van der Waals surface area contributed by atoms with Crippen LogP contribution in [0.2, 0.25) is 0 Å². The van der Waals surface area contributed by atoms with E-state index in [1.807, 2.05) is 13.8 Å². The maximum absolute atomic E-state index is 11.7. The third-order valence-corrected chi connectivity index (χ3v) is 3.42. The van der Waals surface area contributed by atoms with Crippen molar-refractivity contribution in [2.45, 2.75) is 41.0 Å². The Kier molecular flexibility index (Phi) is 2.44. The average Bonchev–Trinajstić information content (AvgIpc) is 2.00. The molecule has 0 saturated carbocycles. The van der Waals surface area contributed by atoms with Crippen molar-refractivity contribution in [2.24, 2.45) is 16.7 Å². The van der Waals surface area contributed by atoms with Crippen molar-refractivity contribution >= 4 is 5.91 Å². The highest BCUT2D eigenvalue weighted by Gasteiger charge is 2.40. The van der Waals surface area contributed by atoms with E-state index in [0.29, 0.717) is 5.92 Å². The Bertz CT molecular complexity index is 218. The molecule has 2 nitrogen and oxygen atoms in total. The first-order valence-electron chi connectivity index (χ1n) is 5.04. The number of amides is 1. The summed E-state index contributed by atoms with van der Waals surface area (Å²) in [5, 5.41) is 3.00. The molecule has 0 radical (unpaired) electrons. The summed E-state index contributed by atoms with van der Waals surface area (Å²) in [7, 11) is 0. The molecule has 1 unspecified atom stereocenters. The van der Waals surface area contributed by atoms with Crippen LogP contribution in [0.1, 0.15) is 41.0 Å². The van der Waals surface area contributed by atoms with Crippen LogP contribution in [0.25, 0.3) is 0 Å². The predicted octanol–water partition coefficient (Wildman–Crippen LogP) is 2.19. The van der Waals surface area contributed by atoms with Gasteiger partial charge in [0.05, 0.1) is 0 Å². The SMILES string of the molecule is CC1CNC(=O)C(C)(C)CC1(C)C. The number of carbonyl (C=O) groups is 1. The van der Waals surface area contributed by atoms with Crippen LogP contribution in [-0.4, -0.2) is 12.5 Å². The topological polar surface area (TPSA) is 29.1 Å². The van der Waals surface area contributed by atoms with E-state index in [2.05, 4.69) is 26.1 Å². The van der Waals surface area contributed by atoms with Crippen LogP contribution < -0.4 is 5.32 Å². The molecule has 1 atom stereocenters. The van der Waals surface area contributed by atoms with Gasteiger partial charge in [-0.05, 0) is 17.8 Å². The third kappa shape index (κ3) is 2.04. The van der Waals surface area contributed by atoms with Gasteiger partial charge in [0.15, 0.2) is 0 Å². The van der Waals surface area contributed by atoms with Gasteiger partial charge >= 0.3 is 0 Å². The molecule has 0 aromatic rings. The molecule has 0 bridgehead atoms. The Morgan fingerprint density at radius 1 is 1.31 bits per heavy atom. The Hall–Kier alpha value is -0.530. The molecule has 1 N–H and O–H groups in total. The molecular weight excluding hydrogens is 162 g/mol. The lowest BCUT2D eigenvalue weighted by Crippen LogP contribution is -2.35. The Morgan fingerprint density at radius 2 is 1.85 bits per heavy atom. The maximum atomic E-state index is 11.7. The van der Waals surface area contributed by atoms with E-state index in [1.165, 1.54) is 0 Å². The number of hydrogen-bond donors (Lipinski definition) is 1. The molecule has 1 saturated heterocycles. The summed E-state index contributed by atoms with van der Waals surface area (Å²) in [5.74, 6) is 0.753. The van der Waals surface area contributed by atoms with Gasteiger partial charge in [-0.15, -0.1) is 0 Å². The number of carbonyl (C=O) groups excluding carboxylic acids is 1. The van der Waals surface area contributed by atoms with Gasteiger partial charge in [0.2, 0.25) is 5.91 Å². The Balaban J connectivity index is 2.90. The minimum absolute atomic E-state index is 0.199. The Morgan fingerprint density at radius 3 is 2.38 bits per heavy atom. The zero-order valence-electron chi connectivity index (χ0n) is 9.40. The van der Waals surface area contributed by atoms with Crippen molar-refractivity contribution in [3.05, 3.63) is 0 Å². The molecule has 1 aliphatic rings. The highest BCUT2D eigenvalue weighted by Crippen LogP contribution is 2.41. The minimum atomic E-state index is -0.214. The second-order valence-corrected chi connectivity index (χ2v) is 5.66. The van der Waals surface area contributed by atoms with E-state index in [9.17, 15) is 4.79 Å². The number of nitrogens with one attached hydrogen (secondary N) is 1. The summed E-state index contributed by atoms with van der Waals surface area (Å²) in [4.78, 5) is 11.7. The molecule has 2 heteroatoms. The van der Waals surface area contributed by atoms with E-state index >= 15 is 0 Å². The van der Waals surface area contributed by atoms with Crippen molar-refractivity contribution in [3.63, 3.8) is 0 Å². The van der Waals surface area contributed by atoms with Crippen LogP contribution in [0.3, 0.4) is 0 Å². The van der Waals surface area contributed by atoms with Crippen LogP contribution in [0.5, 0.6) is 0 Å². The normalized spacial score (nSPS) is 32.1. The first-order valence-corrected chi connectivity index (χ1v) is 5.04. The van der Waals surface area contributed by atoms with E-state index in [4.69, 9.17) is 0 Å². The smallest absolute Gasteiger partial charge is 0.225 e. The van der Waals surface area contributed by atoms with Crippen LogP contribution in [0, 0.1) is 16.7 Å². The quantitative estimate of drug-likeness (QED) is 0.613. The van der Waals surface area contributed by atoms with Gasteiger partial charge in [-0.2, -0.15) is 0 Å². The van der Waals surface area contributed by atoms with Gasteiger partial charge in [0.1, 0.15) is 0 Å². The third-order valence-electron chi connectivity index (χ3n) is 3.42. The summed E-state index contributed by atoms with van der Waals surface area (Å²) < 4.78 is 0. The molecule has 0 aliphatic carbocycles. The highest BCUT2D eigenvalue weighted by molar-refractivity contribution is 5.82. The summed E-state index contributed by atoms with van der Waals surface area (Å²) >= 11 is 0. The molecule has 13 heavy (non-hydrogen) atoms. The Labute approximate surface area is 81.1 Å². The van der Waals surface area contributed by atoms with E-state index in [0.717, 1.165) is 13.0 Å². The lowest BCUT2D eigenvalue weighted by molar-refractivity contribution is -0.129. The second-order valence-electron chi connectivity index (χ2n) is 5.66. The lowest BCUT2D eigenvalue weighted by atomic mass is 9.70. The van der Waals surface area contributed by atoms with Crippen molar-refractivity contribution < 1.29 is 4.79 Å². The van der Waals surface area contributed by atoms with Crippen LogP contribution in [0.15, 0.2) is 0 Å². The van der Waals surface area contributed by atoms with Crippen molar-refractivity contribution in [3.8, 4) is 0 Å². The highest BCUT2D eigenvalue weighted by atomic mass is 16.2. The van der Waals surface area contributed by atoms with E-state index in [1.54, 1.807) is 0 Å². The fraction of sp³-hybridized carbons (Fsp3) is 0.909. The number of rotatable bonds is 0. The zero-order chi connectivity index (χ0) is 10.3. The molecule has 0 spiro atoms. The first kappa shape index (κ1) is 10.6. The summed E-state index contributed by atoms with van der Waals surface area (Å²) in [6, 6.07) is 0. The maximum Gasteiger partial charge on any atom is 0.225 e. The summed E-state index contributed by atoms with van der Waals surface area (Å²) in [6.45, 7) is 11.6. The largest absolute Gasteiger partial charge is 0.355 e. The predicted molar refractivity (Wildman–Crippen MR) is 54.4 cm³/mol. The first-order chi connectivity index (χ1) is 5.76. The van der Waals surface area contributed by atoms with Gasteiger partial charge in [-0.25, -0.2) is 0 Å². The summed E-state index contributed by atoms with van der Waals surface area (Å²) in [5.41, 5.74) is 0.0386. The fourth-order valence-electron chi connectivity index (χ4n) is 2.15. The lowest BCUT2D eigenvalue weighted by Gasteiger charge is -2.33. The second kappa shape index (κ2) is 3.00. The van der Waals surface area contributed by atoms with Crippen molar-refractivity contribution in [1.29, 1.82) is 0 Å². The minimum Gasteiger partial charge on any atom is -0.355 e. The molecule has 76 valence electrons. The van der Waals surface area contributed by atoms with Crippen molar-refractivity contribution in [2.75, 3.05) is 6.54 Å². The molecule has 1 heterocycles. The van der Waals surface area contributed by atoms with Crippen LogP contribution in [-0.2, 0) is 4.79 Å². The van der Waals surface area contributed by atoms with E-state index in [-0.39, 0.29) is 16.7 Å². The van der Waals surface area contributed by atoms with Gasteiger partial charge in [-0.1, -0.05) is 34.6 Å². The standard InChI is InChI=1S/C11H21NO/c1-8-6-12-9(13)11(4,5)7-10(8,2)3/h8H,6-7H2,1-5H3,(H,12,13). The molecular formula is C11H21NO. The van der Waals surface area contributed by atoms with Gasteiger partial charge in [-0.3, -0.25) is 4.79 Å². The van der Waals surface area contributed by atoms with E-state index < -0.39 is 0 Å². The zero-order valence-corrected chi connectivity index (χ0v) is 9.40. The number of hydrogen-bond acceptors (Lipinski definition) is 1. The summed E-state index contributed by atoms with van der Waals surface area (Å²) in [6.07, 6.45) is 0.965. The molecule has 1 aliphatic heterocycles. The van der Waals surface area contributed by atoms with Gasteiger partial charge in [0, 0.05) is 12.0 Å². The molecule has 1 rings (SSSR count). The molecule has 1 amide bonds. The fourth-order valence-corrected chi connectivity index (χ4v) is 2.15. The molecule has 1 fully saturated rings.